The molecule has 0 amide bonds. The summed E-state index contributed by atoms with van der Waals surface area (Å²) >= 11 is 0. The van der Waals surface area contributed by atoms with Gasteiger partial charge in [0.05, 0.1) is 0 Å². The molecule has 98 valence electrons. The van der Waals surface area contributed by atoms with Gasteiger partial charge < -0.3 is 4.79 Å². The van der Waals surface area contributed by atoms with E-state index in [0.717, 1.165) is 25.3 Å². The van der Waals surface area contributed by atoms with Crippen LogP contribution in [0.5, 0.6) is 0 Å². The van der Waals surface area contributed by atoms with Gasteiger partial charge in [-0.1, -0.05) is 26.2 Å². The van der Waals surface area contributed by atoms with Gasteiger partial charge in [0, 0.05) is 18.0 Å². The molecule has 1 saturated heterocycles. The Labute approximate surface area is 106 Å². The van der Waals surface area contributed by atoms with E-state index in [0.29, 0.717) is 6.04 Å². The van der Waals surface area contributed by atoms with E-state index in [1.807, 2.05) is 0 Å². The Balaban J connectivity index is 1.99. The zero-order valence-electron chi connectivity index (χ0n) is 11.5. The minimum Gasteiger partial charge on any atom is -0.303 e. The van der Waals surface area contributed by atoms with Gasteiger partial charge >= 0.3 is 0 Å². The number of hydrogen-bond donors (Lipinski definition) is 0. The fraction of sp³-hybridized carbons (Fsp3) is 0.933. The molecular weight excluding hydrogens is 210 g/mol. The Morgan fingerprint density at radius 1 is 1.18 bits per heavy atom. The monoisotopic (exact) mass is 237 g/mol. The van der Waals surface area contributed by atoms with Crippen molar-refractivity contribution in [1.82, 2.24) is 4.90 Å². The molecule has 2 rings (SSSR count). The van der Waals surface area contributed by atoms with Crippen molar-refractivity contribution >= 4 is 6.29 Å². The zero-order valence-corrected chi connectivity index (χ0v) is 11.5. The first-order valence-corrected chi connectivity index (χ1v) is 7.37. The largest absolute Gasteiger partial charge is 0.303 e. The molecule has 0 spiro atoms. The molecule has 1 aliphatic heterocycles. The van der Waals surface area contributed by atoms with Crippen LogP contribution < -0.4 is 0 Å². The number of carbonyl (C=O) groups excluding carboxylic acids is 1. The first-order chi connectivity index (χ1) is 8.17. The highest BCUT2D eigenvalue weighted by Gasteiger charge is 2.36. The quantitative estimate of drug-likeness (QED) is 0.702. The molecule has 0 bridgehead atoms. The smallest absolute Gasteiger partial charge is 0.127 e. The maximum absolute atomic E-state index is 11.5. The standard InChI is InChI=1S/C15H27NO/c1-13-7-6-10-16(14(13)2)11-15(12-17)8-4-3-5-9-15/h12-14H,3-11H2,1-2H3. The first-order valence-electron chi connectivity index (χ1n) is 7.37. The predicted molar refractivity (Wildman–Crippen MR) is 71.0 cm³/mol. The topological polar surface area (TPSA) is 20.3 Å². The third-order valence-corrected chi connectivity index (χ3v) is 5.12. The highest BCUT2D eigenvalue weighted by atomic mass is 16.1. The highest BCUT2D eigenvalue weighted by molar-refractivity contribution is 5.60. The van der Waals surface area contributed by atoms with E-state index < -0.39 is 0 Å². The number of rotatable bonds is 3. The Morgan fingerprint density at radius 2 is 1.88 bits per heavy atom. The van der Waals surface area contributed by atoms with Crippen molar-refractivity contribution in [2.24, 2.45) is 11.3 Å². The average molecular weight is 237 g/mol. The minimum atomic E-state index is -0.0103. The molecule has 2 unspecified atom stereocenters. The van der Waals surface area contributed by atoms with E-state index >= 15 is 0 Å². The lowest BCUT2D eigenvalue weighted by molar-refractivity contribution is -0.120. The molecule has 2 aliphatic rings. The summed E-state index contributed by atoms with van der Waals surface area (Å²) < 4.78 is 0. The van der Waals surface area contributed by atoms with Crippen molar-refractivity contribution in [3.05, 3.63) is 0 Å². The Bertz CT molecular complexity index is 258. The summed E-state index contributed by atoms with van der Waals surface area (Å²) in [5.41, 5.74) is -0.0103. The van der Waals surface area contributed by atoms with Gasteiger partial charge in [-0.25, -0.2) is 0 Å². The van der Waals surface area contributed by atoms with Crippen LogP contribution >= 0.6 is 0 Å². The summed E-state index contributed by atoms with van der Waals surface area (Å²) in [7, 11) is 0. The second-order valence-electron chi connectivity index (χ2n) is 6.37. The van der Waals surface area contributed by atoms with Gasteiger partial charge in [-0.15, -0.1) is 0 Å². The maximum atomic E-state index is 11.5. The van der Waals surface area contributed by atoms with Crippen LogP contribution in [0.25, 0.3) is 0 Å². The second kappa shape index (κ2) is 5.51. The number of piperidine rings is 1. The molecule has 0 aromatic rings. The van der Waals surface area contributed by atoms with Crippen LogP contribution in [0.1, 0.15) is 58.8 Å². The van der Waals surface area contributed by atoms with Crippen LogP contribution in [0.2, 0.25) is 0 Å². The molecule has 2 fully saturated rings. The molecule has 2 heteroatoms. The van der Waals surface area contributed by atoms with Crippen molar-refractivity contribution < 1.29 is 4.79 Å². The van der Waals surface area contributed by atoms with Crippen molar-refractivity contribution in [2.45, 2.75) is 64.8 Å². The molecule has 17 heavy (non-hydrogen) atoms. The van der Waals surface area contributed by atoms with Crippen LogP contribution in [0, 0.1) is 11.3 Å². The molecule has 0 N–H and O–H groups in total. The molecule has 2 atom stereocenters. The van der Waals surface area contributed by atoms with Crippen LogP contribution in [0.15, 0.2) is 0 Å². The van der Waals surface area contributed by atoms with E-state index in [1.54, 1.807) is 0 Å². The molecule has 1 aliphatic carbocycles. The Kier molecular flexibility index (Phi) is 4.24. The first kappa shape index (κ1) is 13.1. The maximum Gasteiger partial charge on any atom is 0.127 e. The second-order valence-corrected chi connectivity index (χ2v) is 6.37. The lowest BCUT2D eigenvalue weighted by Crippen LogP contribution is -2.49. The van der Waals surface area contributed by atoms with Crippen LogP contribution in [-0.4, -0.2) is 30.3 Å². The van der Waals surface area contributed by atoms with Crippen molar-refractivity contribution in [3.8, 4) is 0 Å². The van der Waals surface area contributed by atoms with E-state index in [2.05, 4.69) is 18.7 Å². The SMILES string of the molecule is CC1CCCN(CC2(C=O)CCCCC2)C1C. The number of aldehydes is 1. The zero-order chi connectivity index (χ0) is 12.3. The van der Waals surface area contributed by atoms with Gasteiger partial charge in [0.15, 0.2) is 0 Å². The van der Waals surface area contributed by atoms with Gasteiger partial charge in [-0.05, 0) is 45.1 Å². The fourth-order valence-corrected chi connectivity index (χ4v) is 3.62. The van der Waals surface area contributed by atoms with Gasteiger partial charge in [-0.2, -0.15) is 0 Å². The summed E-state index contributed by atoms with van der Waals surface area (Å²) in [6, 6.07) is 0.655. The minimum absolute atomic E-state index is 0.0103. The van der Waals surface area contributed by atoms with E-state index in [1.165, 1.54) is 44.9 Å². The van der Waals surface area contributed by atoms with Crippen LogP contribution in [-0.2, 0) is 4.79 Å². The van der Waals surface area contributed by atoms with Crippen LogP contribution in [0.3, 0.4) is 0 Å². The summed E-state index contributed by atoms with van der Waals surface area (Å²) in [6.07, 6.45) is 9.99. The molecule has 0 radical (unpaired) electrons. The predicted octanol–water partition coefficient (Wildman–Crippen LogP) is 3.26. The molecular formula is C15H27NO. The Hall–Kier alpha value is -0.370. The number of likely N-dealkylation sites (tertiary alicyclic amines) is 1. The van der Waals surface area contributed by atoms with E-state index in [9.17, 15) is 4.79 Å². The normalized spacial score (nSPS) is 34.5. The molecule has 0 aromatic carbocycles. The van der Waals surface area contributed by atoms with Crippen LogP contribution in [0.4, 0.5) is 0 Å². The highest BCUT2D eigenvalue weighted by Crippen LogP contribution is 2.37. The summed E-state index contributed by atoms with van der Waals surface area (Å²) in [4.78, 5) is 14.1. The van der Waals surface area contributed by atoms with Gasteiger partial charge in [0.2, 0.25) is 0 Å². The lowest BCUT2D eigenvalue weighted by atomic mass is 9.74. The summed E-state index contributed by atoms with van der Waals surface area (Å²) in [5.74, 6) is 0.788. The van der Waals surface area contributed by atoms with Crippen molar-refractivity contribution in [2.75, 3.05) is 13.1 Å². The van der Waals surface area contributed by atoms with Gasteiger partial charge in [0.1, 0.15) is 6.29 Å². The fourth-order valence-electron chi connectivity index (χ4n) is 3.62. The number of carbonyl (C=O) groups is 1. The van der Waals surface area contributed by atoms with E-state index in [4.69, 9.17) is 0 Å². The molecule has 2 nitrogen and oxygen atoms in total. The average Bonchev–Trinajstić information content (AvgIpc) is 2.36. The summed E-state index contributed by atoms with van der Waals surface area (Å²) in [6.45, 7) is 6.90. The van der Waals surface area contributed by atoms with Gasteiger partial charge in [-0.3, -0.25) is 4.90 Å². The van der Waals surface area contributed by atoms with E-state index in [-0.39, 0.29) is 5.41 Å². The third-order valence-electron chi connectivity index (χ3n) is 5.12. The lowest BCUT2D eigenvalue weighted by Gasteiger charge is -2.43. The van der Waals surface area contributed by atoms with Crippen molar-refractivity contribution in [3.63, 3.8) is 0 Å². The number of nitrogens with zero attached hydrogens (tertiary/aromatic N) is 1. The molecule has 0 aromatic heterocycles. The number of hydrogen-bond acceptors (Lipinski definition) is 2. The third kappa shape index (κ3) is 2.90. The summed E-state index contributed by atoms with van der Waals surface area (Å²) in [5, 5.41) is 0. The Morgan fingerprint density at radius 3 is 2.53 bits per heavy atom. The molecule has 1 heterocycles. The van der Waals surface area contributed by atoms with Crippen molar-refractivity contribution in [1.29, 1.82) is 0 Å². The van der Waals surface area contributed by atoms with Gasteiger partial charge in [0.25, 0.3) is 0 Å². The molecule has 1 saturated carbocycles.